The first-order valence-electron chi connectivity index (χ1n) is 19.3. The van der Waals surface area contributed by atoms with Crippen LogP contribution in [-0.4, -0.2) is 108 Å². The van der Waals surface area contributed by atoms with Gasteiger partial charge in [-0.1, -0.05) is 66.6 Å². The minimum absolute atomic E-state index is 0. The Balaban J connectivity index is 0.000000184. The second kappa shape index (κ2) is 18.3. The molecule has 8 amide bonds. The molecule has 3 atom stereocenters. The van der Waals surface area contributed by atoms with Gasteiger partial charge in [0.1, 0.15) is 11.5 Å². The summed E-state index contributed by atoms with van der Waals surface area (Å²) >= 11 is 0. The number of hydroxylamine groups is 2. The van der Waals surface area contributed by atoms with Crippen LogP contribution in [0.15, 0.2) is 109 Å². The molecule has 4 aromatic carbocycles. The number of hydrogen-bond donors (Lipinski definition) is 5. The predicted octanol–water partition coefficient (Wildman–Crippen LogP) is 1.28. The van der Waals surface area contributed by atoms with Crippen LogP contribution in [0.1, 0.15) is 49.0 Å². The van der Waals surface area contributed by atoms with Gasteiger partial charge in [0.2, 0.25) is 0 Å². The number of hydrogen-bond acceptors (Lipinski definition) is 11. The smallest absolute Gasteiger partial charge is 0.323 e. The predicted molar refractivity (Wildman–Crippen MR) is 225 cm³/mol. The summed E-state index contributed by atoms with van der Waals surface area (Å²) in [4.78, 5) is 82.9. The number of urea groups is 2. The Morgan fingerprint density at radius 3 is 1.75 bits per heavy atom. The lowest BCUT2D eigenvalue weighted by atomic mass is 9.94. The summed E-state index contributed by atoms with van der Waals surface area (Å²) in [6.45, 7) is 0.484. The summed E-state index contributed by atoms with van der Waals surface area (Å²) in [7, 11) is 4.81. The average Bonchev–Trinajstić information content (AvgIpc) is 4.07. The minimum atomic E-state index is -1.53. The van der Waals surface area contributed by atoms with E-state index in [9.17, 15) is 28.8 Å². The Bertz CT molecular complexity index is 2550. The number of nitrogens with two attached hydrogens (primary N) is 1. The maximum atomic E-state index is 13.1. The second-order valence-corrected chi connectivity index (χ2v) is 14.7. The molecule has 0 radical (unpaired) electrons. The Morgan fingerprint density at radius 2 is 1.29 bits per heavy atom. The van der Waals surface area contributed by atoms with E-state index in [1.165, 1.54) is 24.0 Å². The van der Waals surface area contributed by atoms with Crippen LogP contribution < -0.4 is 36.2 Å². The first kappa shape index (κ1) is 44.5. The van der Waals surface area contributed by atoms with Gasteiger partial charge in [-0.15, -0.1) is 11.5 Å². The Kier molecular flexibility index (Phi) is 12.9. The van der Waals surface area contributed by atoms with Crippen LogP contribution in [0.3, 0.4) is 0 Å². The second-order valence-electron chi connectivity index (χ2n) is 14.7. The van der Waals surface area contributed by atoms with E-state index in [1.807, 2.05) is 66.7 Å². The molecule has 5 aliphatic heterocycles. The molecular weight excluding hydrogens is 813 g/mol. The molecule has 1 unspecified atom stereocenters. The third-order valence-electron chi connectivity index (χ3n) is 10.9. The molecule has 0 bridgehead atoms. The topological polar surface area (TPSA) is 244 Å². The molecule has 5 heterocycles. The fourth-order valence-electron chi connectivity index (χ4n) is 7.60. The highest BCUT2D eigenvalue weighted by Gasteiger charge is 2.55. The number of imide groups is 2. The van der Waals surface area contributed by atoms with E-state index in [0.717, 1.165) is 22.3 Å². The minimum Gasteiger partial charge on any atom is -0.870 e. The zero-order valence-corrected chi connectivity index (χ0v) is 34.4. The number of terminal acetylenes is 1. The highest BCUT2D eigenvalue weighted by Crippen LogP contribution is 2.38. The molecule has 5 aliphatic rings. The van der Waals surface area contributed by atoms with Crippen molar-refractivity contribution in [2.45, 2.75) is 30.2 Å². The number of nitrogens with zero attached hydrogens (tertiary/aromatic N) is 3. The van der Waals surface area contributed by atoms with Crippen LogP contribution in [-0.2, 0) is 27.5 Å². The standard InChI is InChI=1S/C23H22N4O5.C15H13N3O4.C7H7N.H2O/c1-26-18(14-6-4-3-5-7-14)11-19(32-26)23(21(29)24-22(30)25-23)13-27-12-15-8-9-16(31-2)10-17(15)20(27)28;1-3-15(13(20)16-14(21)17-15)8-18-7-9-4-5-10(22-2)6-11(9)12(18)19;8-6-7-4-2-1-3-5-7;/h3-11,18H,12-13H2,1-2H3,(H2,24,25,29,30);1,4-6H,7-8H2,2H3,(H2,16,17,20,21);1-6,8H;1H2/t18?,23-;15-;;/m01../s1. The van der Waals surface area contributed by atoms with Gasteiger partial charge in [0.05, 0.1) is 33.4 Å². The van der Waals surface area contributed by atoms with E-state index in [4.69, 9.17) is 26.1 Å². The molecule has 7 N–H and O–H groups in total. The molecule has 9 rings (SSSR count). The molecule has 18 heteroatoms. The molecule has 2 fully saturated rings. The summed E-state index contributed by atoms with van der Waals surface area (Å²) in [5, 5.41) is 16.4. The van der Waals surface area contributed by atoms with Crippen LogP contribution >= 0.6 is 0 Å². The summed E-state index contributed by atoms with van der Waals surface area (Å²) < 4.78 is 10.3. The van der Waals surface area contributed by atoms with E-state index < -0.39 is 35.0 Å². The maximum Gasteiger partial charge on any atom is 0.323 e. The van der Waals surface area contributed by atoms with Crippen molar-refractivity contribution in [1.82, 2.24) is 36.1 Å². The normalized spacial score (nSPS) is 21.6. The van der Waals surface area contributed by atoms with Crippen molar-refractivity contribution in [3.63, 3.8) is 0 Å². The van der Waals surface area contributed by atoms with Crippen molar-refractivity contribution >= 4 is 41.9 Å². The highest BCUT2D eigenvalue weighted by atomic mass is 16.7. The summed E-state index contributed by atoms with van der Waals surface area (Å²) in [6.07, 6.45) is 8.80. The van der Waals surface area contributed by atoms with Gasteiger partial charge < -0.3 is 40.2 Å². The molecule has 2 saturated heterocycles. The zero-order valence-electron chi connectivity index (χ0n) is 34.4. The van der Waals surface area contributed by atoms with Gasteiger partial charge >= 0.3 is 12.1 Å². The lowest BCUT2D eigenvalue weighted by molar-refractivity contribution is -0.133. The van der Waals surface area contributed by atoms with Gasteiger partial charge in [0.15, 0.2) is 23.1 Å². The van der Waals surface area contributed by atoms with Crippen LogP contribution in [0.5, 0.6) is 11.5 Å². The van der Waals surface area contributed by atoms with Crippen molar-refractivity contribution in [2.75, 3.05) is 34.4 Å². The Labute approximate surface area is 361 Å². The van der Waals surface area contributed by atoms with Crippen molar-refractivity contribution in [3.05, 3.63) is 142 Å². The van der Waals surface area contributed by atoms with E-state index >= 15 is 0 Å². The number of fused-ring (bicyclic) bond motifs is 2. The number of amides is 8. The third kappa shape index (κ3) is 8.77. The lowest BCUT2D eigenvalue weighted by Gasteiger charge is -2.31. The fraction of sp³-hybridized carbons (Fsp3) is 0.222. The molecule has 0 saturated carbocycles. The Morgan fingerprint density at radius 1 is 0.762 bits per heavy atom. The van der Waals surface area contributed by atoms with Gasteiger partial charge in [-0.3, -0.25) is 35.2 Å². The highest BCUT2D eigenvalue weighted by molar-refractivity contribution is 6.10. The number of likely N-dealkylation sites (N-methyl/N-ethyl adjacent to an activating group) is 1. The first-order valence-corrected chi connectivity index (χ1v) is 19.3. The van der Waals surface area contributed by atoms with E-state index in [-0.39, 0.29) is 42.2 Å². The molecule has 63 heavy (non-hydrogen) atoms. The lowest BCUT2D eigenvalue weighted by Crippen LogP contribution is -2.57. The van der Waals surface area contributed by atoms with E-state index in [0.29, 0.717) is 35.7 Å². The Hall–Kier alpha value is -8.01. The van der Waals surface area contributed by atoms with Crippen molar-refractivity contribution in [2.24, 2.45) is 0 Å². The monoisotopic (exact) mass is 856 g/mol. The van der Waals surface area contributed by atoms with Crippen LogP contribution in [0, 0.1) is 12.3 Å². The molecular formula is C45H44N8O10. The number of carbonyl (C=O) groups is 6. The van der Waals surface area contributed by atoms with E-state index in [2.05, 4.69) is 27.2 Å². The molecule has 0 spiro atoms. The fourth-order valence-corrected chi connectivity index (χ4v) is 7.60. The summed E-state index contributed by atoms with van der Waals surface area (Å²) in [6, 6.07) is 28.4. The molecule has 0 aromatic heterocycles. The molecule has 4 aromatic rings. The number of benzene rings is 4. The molecule has 0 aliphatic carbocycles. The van der Waals surface area contributed by atoms with Gasteiger partial charge in [-0.05, 0) is 59.2 Å². The quantitative estimate of drug-likeness (QED) is 0.0913. The number of methoxy groups -OCH3 is 2. The van der Waals surface area contributed by atoms with Crippen LogP contribution in [0.2, 0.25) is 0 Å². The number of rotatable bonds is 9. The number of ether oxygens (including phenoxy) is 2. The van der Waals surface area contributed by atoms with Crippen molar-refractivity contribution < 1.29 is 54.0 Å². The van der Waals surface area contributed by atoms with Gasteiger partial charge in [-0.2, -0.15) is 0 Å². The summed E-state index contributed by atoms with van der Waals surface area (Å²) in [5.74, 6) is 2.05. The van der Waals surface area contributed by atoms with Crippen molar-refractivity contribution in [3.8, 4) is 23.8 Å². The van der Waals surface area contributed by atoms with Gasteiger partial charge in [0, 0.05) is 36.8 Å². The maximum absolute atomic E-state index is 13.1. The van der Waals surface area contributed by atoms with Gasteiger partial charge in [0.25, 0.3) is 23.6 Å². The SMILES string of the molecule is C#C[C@]1(CN2Cc3ccc(OC)cc3C2=O)NC(=O)NC1=O.COc1ccc2c(c1)C(=O)N(C[C@@]1(C3=CC(c4ccccc4)N(C)O3)NC(=O)NC1=O)C2.[NH2+]=Cc1ccccc1.[OH-]. The summed E-state index contributed by atoms with van der Waals surface area (Å²) in [5.41, 5.74) is 1.66. The zero-order chi connectivity index (χ0) is 44.2. The van der Waals surface area contributed by atoms with Crippen LogP contribution in [0.4, 0.5) is 9.59 Å². The van der Waals surface area contributed by atoms with E-state index in [1.54, 1.807) is 54.7 Å². The average molecular weight is 857 g/mol. The van der Waals surface area contributed by atoms with Gasteiger partial charge in [-0.25, -0.2) is 9.59 Å². The molecule has 324 valence electrons. The number of carbonyl (C=O) groups excluding carboxylic acids is 6. The van der Waals surface area contributed by atoms with Crippen molar-refractivity contribution in [1.29, 1.82) is 0 Å². The first-order chi connectivity index (χ1) is 29.8. The largest absolute Gasteiger partial charge is 0.870 e. The number of nitrogens with one attached hydrogen (secondary N) is 4. The van der Waals surface area contributed by atoms with Crippen LogP contribution in [0.25, 0.3) is 0 Å². The third-order valence-corrected chi connectivity index (χ3v) is 10.9. The molecule has 18 nitrogen and oxygen atoms in total.